The lowest BCUT2D eigenvalue weighted by molar-refractivity contribution is 0.0662. The van der Waals surface area contributed by atoms with Gasteiger partial charge in [0.2, 0.25) is 0 Å². The van der Waals surface area contributed by atoms with Crippen molar-refractivity contribution >= 4 is 0 Å². The summed E-state index contributed by atoms with van der Waals surface area (Å²) in [5, 5.41) is 8.92. The third kappa shape index (κ3) is 2.90. The van der Waals surface area contributed by atoms with Gasteiger partial charge in [0.05, 0.1) is 11.6 Å². The van der Waals surface area contributed by atoms with Crippen molar-refractivity contribution in [1.29, 1.82) is 5.26 Å². The van der Waals surface area contributed by atoms with E-state index >= 15 is 0 Å². The highest BCUT2D eigenvalue weighted by atomic mass is 16.5. The van der Waals surface area contributed by atoms with Gasteiger partial charge in [0, 0.05) is 12.1 Å². The second-order valence-electron chi connectivity index (χ2n) is 6.98. The molecule has 3 nitrogen and oxygen atoms in total. The maximum Gasteiger partial charge on any atom is 0.120 e. The molecule has 4 rings (SSSR count). The molecular weight excluding hydrogens is 296 g/mol. The molecule has 0 radical (unpaired) electrons. The van der Waals surface area contributed by atoms with Crippen molar-refractivity contribution in [2.24, 2.45) is 0 Å². The van der Waals surface area contributed by atoms with Crippen molar-refractivity contribution in [1.82, 2.24) is 4.90 Å². The van der Waals surface area contributed by atoms with Crippen molar-refractivity contribution < 1.29 is 4.74 Å². The Hall–Kier alpha value is -2.31. The van der Waals surface area contributed by atoms with Crippen molar-refractivity contribution in [3.63, 3.8) is 0 Å². The summed E-state index contributed by atoms with van der Waals surface area (Å²) >= 11 is 0. The number of ether oxygens (including phenoxy) is 1. The topological polar surface area (TPSA) is 36.3 Å². The van der Waals surface area contributed by atoms with E-state index in [1.165, 1.54) is 12.8 Å². The number of benzene rings is 2. The van der Waals surface area contributed by atoms with Gasteiger partial charge in [-0.05, 0) is 68.1 Å². The summed E-state index contributed by atoms with van der Waals surface area (Å²) in [6, 6.07) is 19.5. The first-order valence-electron chi connectivity index (χ1n) is 8.72. The Morgan fingerprint density at radius 3 is 2.38 bits per heavy atom. The Morgan fingerprint density at radius 2 is 1.71 bits per heavy atom. The van der Waals surface area contributed by atoms with Crippen molar-refractivity contribution in [3.8, 4) is 22.9 Å². The van der Waals surface area contributed by atoms with E-state index < -0.39 is 0 Å². The van der Waals surface area contributed by atoms with Crippen LogP contribution in [0.4, 0.5) is 0 Å². The number of hydrogen-bond donors (Lipinski definition) is 0. The van der Waals surface area contributed by atoms with Gasteiger partial charge in [-0.3, -0.25) is 0 Å². The van der Waals surface area contributed by atoms with Crippen molar-refractivity contribution in [2.45, 2.75) is 43.9 Å². The van der Waals surface area contributed by atoms with Gasteiger partial charge in [-0.2, -0.15) is 5.26 Å². The zero-order valence-electron chi connectivity index (χ0n) is 14.0. The molecule has 2 fully saturated rings. The molecule has 0 N–H and O–H groups in total. The van der Waals surface area contributed by atoms with Gasteiger partial charge in [0.25, 0.3) is 0 Å². The SMILES string of the molecule is CN1C2CCC1CC(Oc1cccc(-c3ccc(C#N)cc3)c1)C2. The maximum atomic E-state index is 8.92. The Balaban J connectivity index is 1.50. The number of hydrogen-bond acceptors (Lipinski definition) is 3. The number of nitrogens with zero attached hydrogens (tertiary/aromatic N) is 2. The van der Waals surface area contributed by atoms with Crippen molar-refractivity contribution in [2.75, 3.05) is 7.05 Å². The van der Waals surface area contributed by atoms with Crippen LogP contribution in [0.5, 0.6) is 5.75 Å². The van der Waals surface area contributed by atoms with E-state index in [0.29, 0.717) is 23.8 Å². The van der Waals surface area contributed by atoms with Gasteiger partial charge in [-0.15, -0.1) is 0 Å². The Bertz CT molecular complexity index is 748. The van der Waals surface area contributed by atoms with Gasteiger partial charge in [-0.1, -0.05) is 24.3 Å². The summed E-state index contributed by atoms with van der Waals surface area (Å²) in [5.41, 5.74) is 2.93. The molecule has 2 heterocycles. The van der Waals surface area contributed by atoms with Gasteiger partial charge >= 0.3 is 0 Å². The van der Waals surface area contributed by atoms with Crippen LogP contribution in [0.1, 0.15) is 31.2 Å². The van der Waals surface area contributed by atoms with Gasteiger partial charge in [-0.25, -0.2) is 0 Å². The van der Waals surface area contributed by atoms with Crippen LogP contribution in [0.3, 0.4) is 0 Å². The first kappa shape index (κ1) is 15.2. The second-order valence-corrected chi connectivity index (χ2v) is 6.98. The number of piperidine rings is 1. The zero-order chi connectivity index (χ0) is 16.5. The fourth-order valence-corrected chi connectivity index (χ4v) is 4.14. The molecule has 24 heavy (non-hydrogen) atoms. The number of nitriles is 1. The molecule has 0 saturated carbocycles. The molecule has 0 spiro atoms. The molecule has 2 saturated heterocycles. The molecule has 2 unspecified atom stereocenters. The van der Waals surface area contributed by atoms with Crippen LogP contribution in [0.25, 0.3) is 11.1 Å². The lowest BCUT2D eigenvalue weighted by Crippen LogP contribution is -2.43. The standard InChI is InChI=1S/C21H22N2O/c1-23-18-9-10-19(23)13-21(12-18)24-20-4-2-3-17(11-20)16-7-5-15(14-22)6-8-16/h2-8,11,18-19,21H,9-10,12-13H2,1H3. The summed E-state index contributed by atoms with van der Waals surface area (Å²) in [5.74, 6) is 0.950. The molecule has 2 aliphatic heterocycles. The fraction of sp³-hybridized carbons (Fsp3) is 0.381. The molecule has 2 aliphatic rings. The lowest BCUT2D eigenvalue weighted by Gasteiger charge is -2.36. The minimum Gasteiger partial charge on any atom is -0.490 e. The van der Waals surface area contributed by atoms with Crippen LogP contribution in [0, 0.1) is 11.3 Å². The summed E-state index contributed by atoms with van der Waals surface area (Å²) in [6.07, 6.45) is 5.22. The number of rotatable bonds is 3. The van der Waals surface area contributed by atoms with Crippen LogP contribution in [-0.2, 0) is 0 Å². The fourth-order valence-electron chi connectivity index (χ4n) is 4.14. The Morgan fingerprint density at radius 1 is 1.00 bits per heavy atom. The van der Waals surface area contributed by atoms with E-state index in [1.54, 1.807) is 0 Å². The average molecular weight is 318 g/mol. The van der Waals surface area contributed by atoms with Crippen LogP contribution >= 0.6 is 0 Å². The molecule has 0 aliphatic carbocycles. The van der Waals surface area contributed by atoms with E-state index in [0.717, 1.165) is 29.7 Å². The smallest absolute Gasteiger partial charge is 0.120 e. The van der Waals surface area contributed by atoms with Crippen molar-refractivity contribution in [3.05, 3.63) is 54.1 Å². The summed E-state index contributed by atoms with van der Waals surface area (Å²) in [6.45, 7) is 0. The minimum absolute atomic E-state index is 0.329. The molecule has 122 valence electrons. The highest BCUT2D eigenvalue weighted by molar-refractivity contribution is 5.65. The predicted molar refractivity (Wildman–Crippen MR) is 94.8 cm³/mol. The van der Waals surface area contributed by atoms with Gasteiger partial charge in [0.15, 0.2) is 0 Å². The third-order valence-electron chi connectivity index (χ3n) is 5.54. The molecule has 0 aromatic heterocycles. The van der Waals surface area contributed by atoms with Crippen LogP contribution in [0.2, 0.25) is 0 Å². The summed E-state index contributed by atoms with van der Waals surface area (Å²) in [4.78, 5) is 2.53. The largest absolute Gasteiger partial charge is 0.490 e. The van der Waals surface area contributed by atoms with E-state index in [9.17, 15) is 0 Å². The highest BCUT2D eigenvalue weighted by Crippen LogP contribution is 2.36. The minimum atomic E-state index is 0.329. The monoisotopic (exact) mass is 318 g/mol. The van der Waals surface area contributed by atoms with E-state index in [4.69, 9.17) is 10.00 Å². The zero-order valence-corrected chi connectivity index (χ0v) is 14.0. The molecule has 2 bridgehead atoms. The maximum absolute atomic E-state index is 8.92. The first-order valence-corrected chi connectivity index (χ1v) is 8.72. The van der Waals surface area contributed by atoms with Gasteiger partial charge < -0.3 is 9.64 Å². The lowest BCUT2D eigenvalue weighted by atomic mass is 10.00. The summed E-state index contributed by atoms with van der Waals surface area (Å²) < 4.78 is 6.31. The average Bonchev–Trinajstić information content (AvgIpc) is 2.83. The van der Waals surface area contributed by atoms with Crippen LogP contribution in [0.15, 0.2) is 48.5 Å². The second kappa shape index (κ2) is 6.30. The van der Waals surface area contributed by atoms with E-state index in [1.807, 2.05) is 36.4 Å². The third-order valence-corrected chi connectivity index (χ3v) is 5.54. The van der Waals surface area contributed by atoms with Crippen LogP contribution in [-0.4, -0.2) is 30.1 Å². The molecular formula is C21H22N2O. The molecule has 3 heteroatoms. The molecule has 2 aromatic carbocycles. The van der Waals surface area contributed by atoms with Gasteiger partial charge in [0.1, 0.15) is 11.9 Å². The molecule has 0 amide bonds. The van der Waals surface area contributed by atoms with Crippen LogP contribution < -0.4 is 4.74 Å². The number of fused-ring (bicyclic) bond motifs is 2. The predicted octanol–water partition coefficient (Wildman–Crippen LogP) is 4.23. The van der Waals surface area contributed by atoms with E-state index in [2.05, 4.69) is 30.1 Å². The normalized spacial score (nSPS) is 26.1. The first-order chi connectivity index (χ1) is 11.7. The molecule has 2 aromatic rings. The highest BCUT2D eigenvalue weighted by Gasteiger charge is 2.39. The molecule has 2 atom stereocenters. The van der Waals surface area contributed by atoms with E-state index in [-0.39, 0.29) is 0 Å². The Labute approximate surface area is 143 Å². The Kier molecular flexibility index (Phi) is 4.00. The quantitative estimate of drug-likeness (QED) is 0.849. The summed E-state index contributed by atoms with van der Waals surface area (Å²) in [7, 11) is 2.25.